The maximum atomic E-state index is 12.5. The standard InChI is InChI=1S/C31H29N3O3/c1-20-16-25(31(2,3)4)29(35)28(17-20)34-32-26-15-14-24(18-27(26)33-34)22-10-12-23(13-11-22)30(36)37-19-21-8-6-5-7-9-21/h5-18,35H,19H2,1-4H3. The topological polar surface area (TPSA) is 77.2 Å². The largest absolute Gasteiger partial charge is 0.505 e. The minimum Gasteiger partial charge on any atom is -0.505 e. The normalized spacial score (nSPS) is 11.6. The monoisotopic (exact) mass is 491 g/mol. The van der Waals surface area contributed by atoms with Gasteiger partial charge in [-0.25, -0.2) is 4.79 Å². The van der Waals surface area contributed by atoms with Crippen molar-refractivity contribution in [3.63, 3.8) is 0 Å². The zero-order chi connectivity index (χ0) is 26.2. The van der Waals surface area contributed by atoms with E-state index in [9.17, 15) is 9.90 Å². The second kappa shape index (κ2) is 9.54. The van der Waals surface area contributed by atoms with Gasteiger partial charge in [-0.2, -0.15) is 0 Å². The summed E-state index contributed by atoms with van der Waals surface area (Å²) in [6, 6.07) is 26.7. The summed E-state index contributed by atoms with van der Waals surface area (Å²) in [5.74, 6) is -0.172. The van der Waals surface area contributed by atoms with Crippen molar-refractivity contribution in [3.8, 4) is 22.6 Å². The van der Waals surface area contributed by atoms with Crippen LogP contribution in [0.5, 0.6) is 5.75 Å². The van der Waals surface area contributed by atoms with Crippen molar-refractivity contribution in [3.05, 3.63) is 107 Å². The fraction of sp³-hybridized carbons (Fsp3) is 0.194. The molecule has 0 atom stereocenters. The molecule has 0 aliphatic heterocycles. The van der Waals surface area contributed by atoms with Crippen LogP contribution in [0.2, 0.25) is 0 Å². The Kier molecular flexibility index (Phi) is 6.25. The molecule has 5 aromatic rings. The van der Waals surface area contributed by atoms with Gasteiger partial charge in [0.05, 0.1) is 5.56 Å². The van der Waals surface area contributed by atoms with E-state index in [-0.39, 0.29) is 23.7 Å². The Morgan fingerprint density at radius 2 is 1.54 bits per heavy atom. The van der Waals surface area contributed by atoms with E-state index in [1.54, 1.807) is 12.1 Å². The van der Waals surface area contributed by atoms with Crippen molar-refractivity contribution in [1.29, 1.82) is 0 Å². The lowest BCUT2D eigenvalue weighted by Gasteiger charge is -2.22. The van der Waals surface area contributed by atoms with Crippen molar-refractivity contribution >= 4 is 17.0 Å². The van der Waals surface area contributed by atoms with Gasteiger partial charge in [0.15, 0.2) is 0 Å². The maximum absolute atomic E-state index is 12.5. The molecule has 1 N–H and O–H groups in total. The van der Waals surface area contributed by atoms with Crippen molar-refractivity contribution in [2.45, 2.75) is 39.7 Å². The first-order valence-corrected chi connectivity index (χ1v) is 12.2. The molecule has 0 radical (unpaired) electrons. The van der Waals surface area contributed by atoms with Crippen LogP contribution in [0, 0.1) is 6.92 Å². The Hall–Kier alpha value is -4.45. The van der Waals surface area contributed by atoms with Crippen molar-refractivity contribution in [1.82, 2.24) is 15.0 Å². The van der Waals surface area contributed by atoms with Crippen LogP contribution < -0.4 is 0 Å². The molecular formula is C31H29N3O3. The lowest BCUT2D eigenvalue weighted by molar-refractivity contribution is 0.0472. The van der Waals surface area contributed by atoms with Gasteiger partial charge >= 0.3 is 5.97 Å². The zero-order valence-corrected chi connectivity index (χ0v) is 21.4. The molecule has 0 fully saturated rings. The first-order valence-electron chi connectivity index (χ1n) is 12.2. The number of nitrogens with zero attached hydrogens (tertiary/aromatic N) is 3. The SMILES string of the molecule is Cc1cc(-n2nc3ccc(-c4ccc(C(=O)OCc5ccccc5)cc4)cc3n2)c(O)c(C(C)(C)C)c1. The minimum atomic E-state index is -0.360. The van der Waals surface area contributed by atoms with Crippen LogP contribution in [-0.2, 0) is 16.8 Å². The number of esters is 1. The third-order valence-corrected chi connectivity index (χ3v) is 6.30. The number of fused-ring (bicyclic) bond motifs is 1. The molecule has 5 rings (SSSR count). The third-order valence-electron chi connectivity index (χ3n) is 6.30. The number of aromatic nitrogens is 3. The Morgan fingerprint density at radius 1 is 0.865 bits per heavy atom. The second-order valence-electron chi connectivity index (χ2n) is 10.3. The highest BCUT2D eigenvalue weighted by molar-refractivity contribution is 5.90. The molecule has 0 bridgehead atoms. The highest BCUT2D eigenvalue weighted by Crippen LogP contribution is 2.36. The van der Waals surface area contributed by atoms with Gasteiger partial charge in [-0.3, -0.25) is 0 Å². The smallest absolute Gasteiger partial charge is 0.338 e. The lowest BCUT2D eigenvalue weighted by atomic mass is 9.85. The number of carbonyl (C=O) groups is 1. The molecule has 0 saturated carbocycles. The van der Waals surface area contributed by atoms with E-state index in [1.165, 1.54) is 4.80 Å². The van der Waals surface area contributed by atoms with Crippen molar-refractivity contribution < 1.29 is 14.6 Å². The van der Waals surface area contributed by atoms with Crippen LogP contribution in [0.4, 0.5) is 0 Å². The van der Waals surface area contributed by atoms with E-state index in [4.69, 9.17) is 4.74 Å². The Labute approximate surface area is 216 Å². The van der Waals surface area contributed by atoms with Gasteiger partial charge in [0.2, 0.25) is 0 Å². The molecule has 6 nitrogen and oxygen atoms in total. The Balaban J connectivity index is 1.39. The lowest BCUT2D eigenvalue weighted by Crippen LogP contribution is -2.13. The summed E-state index contributed by atoms with van der Waals surface area (Å²) in [6.45, 7) is 8.44. The van der Waals surface area contributed by atoms with Crippen LogP contribution in [0.1, 0.15) is 47.8 Å². The molecule has 6 heteroatoms. The predicted molar refractivity (Wildman–Crippen MR) is 145 cm³/mol. The zero-order valence-electron chi connectivity index (χ0n) is 21.4. The van der Waals surface area contributed by atoms with Crippen molar-refractivity contribution in [2.75, 3.05) is 0 Å². The minimum absolute atomic E-state index is 0.188. The number of aromatic hydroxyl groups is 1. The number of phenols is 1. The summed E-state index contributed by atoms with van der Waals surface area (Å²) in [6.07, 6.45) is 0. The number of hydrogen-bond donors (Lipinski definition) is 1. The van der Waals surface area contributed by atoms with Gasteiger partial charge in [0.1, 0.15) is 29.1 Å². The molecule has 0 saturated heterocycles. The maximum Gasteiger partial charge on any atom is 0.338 e. The molecule has 186 valence electrons. The van der Waals surface area contributed by atoms with Crippen LogP contribution in [-0.4, -0.2) is 26.1 Å². The highest BCUT2D eigenvalue weighted by atomic mass is 16.5. The molecule has 0 amide bonds. The highest BCUT2D eigenvalue weighted by Gasteiger charge is 2.22. The molecular weight excluding hydrogens is 462 g/mol. The van der Waals surface area contributed by atoms with E-state index in [0.717, 1.165) is 33.3 Å². The molecule has 0 unspecified atom stereocenters. The fourth-order valence-electron chi connectivity index (χ4n) is 4.29. The van der Waals surface area contributed by atoms with E-state index in [2.05, 4.69) is 31.0 Å². The summed E-state index contributed by atoms with van der Waals surface area (Å²) < 4.78 is 5.43. The molecule has 0 aliphatic carbocycles. The number of carbonyl (C=O) groups excluding carboxylic acids is 1. The molecule has 0 spiro atoms. The Morgan fingerprint density at radius 3 is 2.24 bits per heavy atom. The van der Waals surface area contributed by atoms with E-state index in [1.807, 2.05) is 79.7 Å². The Bertz CT molecular complexity index is 1580. The third kappa shape index (κ3) is 5.09. The second-order valence-corrected chi connectivity index (χ2v) is 10.3. The van der Waals surface area contributed by atoms with Gasteiger partial charge in [-0.05, 0) is 64.9 Å². The molecule has 4 aromatic carbocycles. The van der Waals surface area contributed by atoms with Gasteiger partial charge in [0, 0.05) is 5.56 Å². The summed E-state index contributed by atoms with van der Waals surface area (Å²) in [4.78, 5) is 13.9. The summed E-state index contributed by atoms with van der Waals surface area (Å²) in [5, 5.41) is 20.3. The first kappa shape index (κ1) is 24.3. The van der Waals surface area contributed by atoms with E-state index < -0.39 is 0 Å². The van der Waals surface area contributed by atoms with Crippen LogP contribution in [0.25, 0.3) is 27.8 Å². The number of benzene rings is 4. The predicted octanol–water partition coefficient (Wildman–Crippen LogP) is 6.76. The number of ether oxygens (including phenoxy) is 1. The molecule has 0 aliphatic rings. The molecule has 37 heavy (non-hydrogen) atoms. The van der Waals surface area contributed by atoms with Gasteiger partial charge in [-0.1, -0.05) is 75.4 Å². The number of aryl methyl sites for hydroxylation is 1. The van der Waals surface area contributed by atoms with Crippen LogP contribution >= 0.6 is 0 Å². The van der Waals surface area contributed by atoms with Crippen molar-refractivity contribution in [2.24, 2.45) is 0 Å². The average Bonchev–Trinajstić information content (AvgIpc) is 3.32. The fourth-order valence-corrected chi connectivity index (χ4v) is 4.29. The van der Waals surface area contributed by atoms with Gasteiger partial charge in [0.25, 0.3) is 0 Å². The number of phenolic OH excluding ortho intramolecular Hbond substituents is 1. The van der Waals surface area contributed by atoms with Crippen LogP contribution in [0.3, 0.4) is 0 Å². The molecule has 1 heterocycles. The first-order chi connectivity index (χ1) is 17.7. The summed E-state index contributed by atoms with van der Waals surface area (Å²) in [7, 11) is 0. The van der Waals surface area contributed by atoms with E-state index >= 15 is 0 Å². The number of hydrogen-bond acceptors (Lipinski definition) is 5. The van der Waals surface area contributed by atoms with Gasteiger partial charge in [-0.15, -0.1) is 15.0 Å². The molecule has 1 aromatic heterocycles. The number of rotatable bonds is 5. The van der Waals surface area contributed by atoms with E-state index in [0.29, 0.717) is 16.8 Å². The average molecular weight is 492 g/mol. The summed E-state index contributed by atoms with van der Waals surface area (Å²) >= 11 is 0. The summed E-state index contributed by atoms with van der Waals surface area (Å²) in [5.41, 5.74) is 7.00. The van der Waals surface area contributed by atoms with Crippen LogP contribution in [0.15, 0.2) is 84.9 Å². The van der Waals surface area contributed by atoms with Gasteiger partial charge < -0.3 is 9.84 Å². The quantitative estimate of drug-likeness (QED) is 0.275.